The van der Waals surface area contributed by atoms with Crippen molar-refractivity contribution in [2.45, 2.75) is 30.8 Å². The predicted octanol–water partition coefficient (Wildman–Crippen LogP) is 3.86. The highest BCUT2D eigenvalue weighted by atomic mass is 32.2. The largest absolute Gasteiger partial charge is 0.340 e. The first-order valence-electron chi connectivity index (χ1n) is 8.93. The minimum Gasteiger partial charge on any atom is -0.340 e. The molecule has 7 nitrogen and oxygen atoms in total. The van der Waals surface area contributed by atoms with Crippen LogP contribution in [0.3, 0.4) is 0 Å². The number of carbonyl (C=O) groups excluding carboxylic acids is 2. The normalized spacial score (nSPS) is 10.7. The minimum absolute atomic E-state index is 0.0505. The molecule has 0 aliphatic carbocycles. The van der Waals surface area contributed by atoms with Crippen LogP contribution in [0, 0.1) is 12.7 Å². The molecule has 0 atom stereocenters. The molecule has 0 fully saturated rings. The SMILES string of the molecule is Cc1nc(S)sc1CC(=O)N(C)Cc1csc(NC(=O)NCc2cccc(F)c2)n1. The molecule has 0 aliphatic rings. The molecule has 11 heteroatoms. The fourth-order valence-electron chi connectivity index (χ4n) is 2.59. The van der Waals surface area contributed by atoms with Gasteiger partial charge < -0.3 is 10.2 Å². The van der Waals surface area contributed by atoms with Gasteiger partial charge in [-0.25, -0.2) is 19.2 Å². The molecule has 30 heavy (non-hydrogen) atoms. The number of aryl methyl sites for hydroxylation is 1. The van der Waals surface area contributed by atoms with Crippen LogP contribution in [-0.2, 0) is 24.3 Å². The molecular weight excluding hydrogens is 445 g/mol. The van der Waals surface area contributed by atoms with Crippen molar-refractivity contribution < 1.29 is 14.0 Å². The molecule has 0 radical (unpaired) electrons. The number of rotatable bonds is 7. The van der Waals surface area contributed by atoms with Gasteiger partial charge in [-0.05, 0) is 24.6 Å². The van der Waals surface area contributed by atoms with Crippen molar-refractivity contribution in [2.75, 3.05) is 12.4 Å². The monoisotopic (exact) mass is 465 g/mol. The van der Waals surface area contributed by atoms with Crippen LogP contribution in [0.25, 0.3) is 0 Å². The highest BCUT2D eigenvalue weighted by molar-refractivity contribution is 7.82. The molecule has 3 amide bonds. The molecule has 3 rings (SSSR count). The number of carbonyl (C=O) groups is 2. The number of hydrogen-bond acceptors (Lipinski definition) is 7. The summed E-state index contributed by atoms with van der Waals surface area (Å²) in [5.74, 6) is -0.403. The zero-order chi connectivity index (χ0) is 21.7. The van der Waals surface area contributed by atoms with Crippen LogP contribution < -0.4 is 10.6 Å². The summed E-state index contributed by atoms with van der Waals surface area (Å²) in [6.07, 6.45) is 0.262. The molecule has 3 aromatic rings. The standard InChI is InChI=1S/C19H20FN5O2S3/c1-11-15(30-19(28)22-11)7-16(26)25(2)9-14-10-29-18(23-14)24-17(27)21-8-12-4-3-5-13(20)6-12/h3-6,10H,7-9H2,1-2H3,(H,22,28)(H2,21,23,24,27). The number of nitrogens with one attached hydrogen (secondary N) is 2. The van der Waals surface area contributed by atoms with Gasteiger partial charge in [-0.3, -0.25) is 10.1 Å². The van der Waals surface area contributed by atoms with Gasteiger partial charge in [-0.1, -0.05) is 12.1 Å². The number of thiol groups is 1. The van der Waals surface area contributed by atoms with Crippen LogP contribution in [0.15, 0.2) is 34.0 Å². The van der Waals surface area contributed by atoms with E-state index in [2.05, 4.69) is 33.2 Å². The van der Waals surface area contributed by atoms with Crippen molar-refractivity contribution in [1.82, 2.24) is 20.2 Å². The highest BCUT2D eigenvalue weighted by Crippen LogP contribution is 2.22. The molecule has 2 N–H and O–H groups in total. The van der Waals surface area contributed by atoms with Gasteiger partial charge in [0.15, 0.2) is 5.13 Å². The number of urea groups is 1. The van der Waals surface area contributed by atoms with Gasteiger partial charge in [0, 0.05) is 23.8 Å². The molecule has 0 spiro atoms. The summed E-state index contributed by atoms with van der Waals surface area (Å²) < 4.78 is 13.8. The fraction of sp³-hybridized carbons (Fsp3) is 0.263. The minimum atomic E-state index is -0.437. The average Bonchev–Trinajstić information content (AvgIpc) is 3.25. The maximum absolute atomic E-state index is 13.2. The fourth-order valence-corrected chi connectivity index (χ4v) is 4.56. The van der Waals surface area contributed by atoms with E-state index in [0.717, 1.165) is 10.6 Å². The van der Waals surface area contributed by atoms with E-state index in [1.807, 2.05) is 6.92 Å². The third kappa shape index (κ3) is 6.25. The van der Waals surface area contributed by atoms with Crippen LogP contribution in [0.1, 0.15) is 21.8 Å². The first-order chi connectivity index (χ1) is 14.3. The van der Waals surface area contributed by atoms with Gasteiger partial charge in [0.25, 0.3) is 0 Å². The first-order valence-corrected chi connectivity index (χ1v) is 11.1. The number of thiazole rings is 2. The number of anilines is 1. The number of likely N-dealkylation sites (N-methyl/N-ethyl adjacent to an activating group) is 1. The van der Waals surface area contributed by atoms with Crippen molar-refractivity contribution >= 4 is 52.4 Å². The molecule has 0 bridgehead atoms. The quantitative estimate of drug-likeness (QED) is 0.463. The van der Waals surface area contributed by atoms with Gasteiger partial charge in [0.2, 0.25) is 5.91 Å². The van der Waals surface area contributed by atoms with Crippen molar-refractivity contribution in [3.63, 3.8) is 0 Å². The topological polar surface area (TPSA) is 87.2 Å². The second-order valence-corrected chi connectivity index (χ2v) is 9.18. The number of nitrogens with zero attached hydrogens (tertiary/aromatic N) is 3. The number of halogens is 1. The molecule has 158 valence electrons. The van der Waals surface area contributed by atoms with Gasteiger partial charge in [0.1, 0.15) is 10.2 Å². The summed E-state index contributed by atoms with van der Waals surface area (Å²) in [5.41, 5.74) is 2.15. The third-order valence-corrected chi connectivity index (χ3v) is 6.27. The van der Waals surface area contributed by atoms with Crippen LogP contribution >= 0.6 is 35.3 Å². The van der Waals surface area contributed by atoms with Gasteiger partial charge in [0.05, 0.1) is 24.4 Å². The van der Waals surface area contributed by atoms with E-state index >= 15 is 0 Å². The maximum Gasteiger partial charge on any atom is 0.321 e. The van der Waals surface area contributed by atoms with E-state index < -0.39 is 6.03 Å². The molecular formula is C19H20FN5O2S3. The predicted molar refractivity (Wildman–Crippen MR) is 119 cm³/mol. The Morgan fingerprint density at radius 1 is 1.30 bits per heavy atom. The Labute approximate surface area is 186 Å². The van der Waals surface area contributed by atoms with Gasteiger partial charge in [-0.15, -0.1) is 35.3 Å². The molecule has 0 saturated carbocycles. The van der Waals surface area contributed by atoms with Crippen molar-refractivity contribution in [2.24, 2.45) is 0 Å². The van der Waals surface area contributed by atoms with Gasteiger partial charge >= 0.3 is 6.03 Å². The Hall–Kier alpha value is -2.50. The Balaban J connectivity index is 1.48. The maximum atomic E-state index is 13.2. The Kier molecular flexibility index (Phi) is 7.40. The molecule has 0 aliphatic heterocycles. The van der Waals surface area contributed by atoms with Crippen LogP contribution in [0.5, 0.6) is 0 Å². The van der Waals surface area contributed by atoms with E-state index in [4.69, 9.17) is 0 Å². The summed E-state index contributed by atoms with van der Waals surface area (Å²) in [4.78, 5) is 35.5. The average molecular weight is 466 g/mol. The molecule has 2 heterocycles. The molecule has 1 aromatic carbocycles. The van der Waals surface area contributed by atoms with Crippen molar-refractivity contribution in [1.29, 1.82) is 0 Å². The number of amides is 3. The van der Waals surface area contributed by atoms with Crippen LogP contribution in [0.2, 0.25) is 0 Å². The molecule has 0 unspecified atom stereocenters. The lowest BCUT2D eigenvalue weighted by Gasteiger charge is -2.15. The summed E-state index contributed by atoms with van der Waals surface area (Å²) in [6.45, 7) is 2.38. The summed E-state index contributed by atoms with van der Waals surface area (Å²) >= 11 is 6.88. The summed E-state index contributed by atoms with van der Waals surface area (Å²) in [6, 6.07) is 5.58. The lowest BCUT2D eigenvalue weighted by Crippen LogP contribution is -2.28. The zero-order valence-electron chi connectivity index (χ0n) is 16.3. The number of benzene rings is 1. The molecule has 0 saturated heterocycles. The lowest BCUT2D eigenvalue weighted by atomic mass is 10.2. The summed E-state index contributed by atoms with van der Waals surface area (Å²) in [5, 5.41) is 7.50. The first kappa shape index (κ1) is 22.2. The Morgan fingerprint density at radius 2 is 2.10 bits per heavy atom. The smallest absolute Gasteiger partial charge is 0.321 e. The number of hydrogen-bond donors (Lipinski definition) is 3. The second kappa shape index (κ2) is 10.0. The summed E-state index contributed by atoms with van der Waals surface area (Å²) in [7, 11) is 1.71. The molecule has 2 aromatic heterocycles. The van der Waals surface area contributed by atoms with Crippen LogP contribution in [-0.4, -0.2) is 33.9 Å². The van der Waals surface area contributed by atoms with Crippen LogP contribution in [0.4, 0.5) is 14.3 Å². The van der Waals surface area contributed by atoms with E-state index in [-0.39, 0.29) is 24.7 Å². The van der Waals surface area contributed by atoms with E-state index in [0.29, 0.717) is 27.3 Å². The van der Waals surface area contributed by atoms with Gasteiger partial charge in [-0.2, -0.15) is 0 Å². The lowest BCUT2D eigenvalue weighted by molar-refractivity contribution is -0.129. The highest BCUT2D eigenvalue weighted by Gasteiger charge is 2.16. The van der Waals surface area contributed by atoms with E-state index in [1.165, 1.54) is 34.8 Å². The second-order valence-electron chi connectivity index (χ2n) is 6.51. The van der Waals surface area contributed by atoms with Crippen molar-refractivity contribution in [3.8, 4) is 0 Å². The van der Waals surface area contributed by atoms with E-state index in [9.17, 15) is 14.0 Å². The number of aromatic nitrogens is 2. The third-order valence-electron chi connectivity index (χ3n) is 4.13. The van der Waals surface area contributed by atoms with Crippen molar-refractivity contribution in [3.05, 3.63) is 57.3 Å². The Morgan fingerprint density at radius 3 is 2.80 bits per heavy atom. The zero-order valence-corrected chi connectivity index (χ0v) is 18.8. The Bertz CT molecular complexity index is 1050. The van der Waals surface area contributed by atoms with E-state index in [1.54, 1.807) is 29.5 Å².